The first-order valence-corrected chi connectivity index (χ1v) is 9.45. The minimum absolute atomic E-state index is 0.171. The Bertz CT molecular complexity index is 1020. The van der Waals surface area contributed by atoms with Crippen molar-refractivity contribution >= 4 is 22.6 Å². The molecule has 2 heterocycles. The number of phenolic OH excluding ortho intramolecular Hbond substituents is 1. The summed E-state index contributed by atoms with van der Waals surface area (Å²) in [6, 6.07) is 11.0. The number of furan rings is 1. The molecule has 0 spiro atoms. The third-order valence-electron chi connectivity index (χ3n) is 5.22. The molecule has 0 unspecified atom stereocenters. The summed E-state index contributed by atoms with van der Waals surface area (Å²) in [6.45, 7) is 7.18. The average molecular weight is 380 g/mol. The predicted octanol–water partition coefficient (Wildman–Crippen LogP) is 3.84. The zero-order valence-corrected chi connectivity index (χ0v) is 16.1. The molecule has 2 N–H and O–H groups in total. The lowest BCUT2D eigenvalue weighted by atomic mass is 10.0. The Morgan fingerprint density at radius 2 is 1.89 bits per heavy atom. The van der Waals surface area contributed by atoms with Gasteiger partial charge in [0.25, 0.3) is 5.91 Å². The lowest BCUT2D eigenvalue weighted by Crippen LogP contribution is -2.35. The van der Waals surface area contributed by atoms with Crippen LogP contribution in [0.5, 0.6) is 5.75 Å². The van der Waals surface area contributed by atoms with Crippen molar-refractivity contribution in [2.45, 2.75) is 20.4 Å². The number of fused-ring (bicyclic) bond motifs is 1. The van der Waals surface area contributed by atoms with Crippen molar-refractivity contribution in [3.8, 4) is 5.75 Å². The zero-order valence-electron chi connectivity index (χ0n) is 16.1. The summed E-state index contributed by atoms with van der Waals surface area (Å²) in [4.78, 5) is 15.3. The van der Waals surface area contributed by atoms with E-state index in [-0.39, 0.29) is 11.7 Å². The van der Waals surface area contributed by atoms with Crippen molar-refractivity contribution in [2.75, 3.05) is 31.6 Å². The number of benzene rings is 2. The topological polar surface area (TPSA) is 74.9 Å². The molecule has 6 heteroatoms. The monoisotopic (exact) mass is 380 g/mol. The van der Waals surface area contributed by atoms with Gasteiger partial charge in [0, 0.05) is 36.3 Å². The summed E-state index contributed by atoms with van der Waals surface area (Å²) in [5, 5.41) is 14.2. The van der Waals surface area contributed by atoms with E-state index in [2.05, 4.69) is 10.2 Å². The SMILES string of the molecule is Cc1ccccc1NC(=O)c1c(C)oc2ccc(O)c(CN3CCOCC3)c12. The molecular formula is C22H24N2O4. The van der Waals surface area contributed by atoms with Crippen LogP contribution in [0.4, 0.5) is 5.69 Å². The molecule has 0 radical (unpaired) electrons. The molecule has 1 aromatic heterocycles. The highest BCUT2D eigenvalue weighted by molar-refractivity contribution is 6.14. The van der Waals surface area contributed by atoms with Gasteiger partial charge in [0.2, 0.25) is 0 Å². The van der Waals surface area contributed by atoms with E-state index in [0.717, 1.165) is 24.3 Å². The predicted molar refractivity (Wildman–Crippen MR) is 108 cm³/mol. The van der Waals surface area contributed by atoms with Crippen LogP contribution >= 0.6 is 0 Å². The second kappa shape index (κ2) is 7.66. The molecule has 1 aliphatic rings. The second-order valence-corrected chi connectivity index (χ2v) is 7.13. The first-order valence-electron chi connectivity index (χ1n) is 9.45. The van der Waals surface area contributed by atoms with Gasteiger partial charge in [-0.1, -0.05) is 18.2 Å². The molecule has 6 nitrogen and oxygen atoms in total. The molecule has 1 aliphatic heterocycles. The number of morpholine rings is 1. The Hall–Kier alpha value is -2.83. The average Bonchev–Trinajstić information content (AvgIpc) is 3.03. The van der Waals surface area contributed by atoms with Crippen LogP contribution in [0, 0.1) is 13.8 Å². The van der Waals surface area contributed by atoms with Crippen molar-refractivity contribution in [1.82, 2.24) is 4.90 Å². The lowest BCUT2D eigenvalue weighted by Gasteiger charge is -2.27. The smallest absolute Gasteiger partial charge is 0.259 e. The van der Waals surface area contributed by atoms with Gasteiger partial charge in [0.1, 0.15) is 17.1 Å². The summed E-state index contributed by atoms with van der Waals surface area (Å²) in [6.07, 6.45) is 0. The van der Waals surface area contributed by atoms with Crippen molar-refractivity contribution in [2.24, 2.45) is 0 Å². The molecule has 0 aliphatic carbocycles. The fourth-order valence-corrected chi connectivity index (χ4v) is 3.68. The summed E-state index contributed by atoms with van der Waals surface area (Å²) in [5.41, 5.74) is 3.53. The maximum atomic E-state index is 13.1. The van der Waals surface area contributed by atoms with Gasteiger partial charge in [-0.15, -0.1) is 0 Å². The zero-order chi connectivity index (χ0) is 19.7. The molecule has 3 aromatic rings. The lowest BCUT2D eigenvalue weighted by molar-refractivity contribution is 0.0340. The number of para-hydroxylation sites is 1. The quantitative estimate of drug-likeness (QED) is 0.719. The Morgan fingerprint density at radius 1 is 1.14 bits per heavy atom. The van der Waals surface area contributed by atoms with Crippen molar-refractivity contribution in [3.63, 3.8) is 0 Å². The van der Waals surface area contributed by atoms with Gasteiger partial charge < -0.3 is 19.6 Å². The van der Waals surface area contributed by atoms with E-state index in [1.165, 1.54) is 0 Å². The van der Waals surface area contributed by atoms with Gasteiger partial charge in [-0.25, -0.2) is 0 Å². The van der Waals surface area contributed by atoms with E-state index in [9.17, 15) is 9.90 Å². The van der Waals surface area contributed by atoms with E-state index < -0.39 is 0 Å². The molecule has 0 saturated carbocycles. The highest BCUT2D eigenvalue weighted by Crippen LogP contribution is 2.35. The molecule has 1 saturated heterocycles. The molecule has 28 heavy (non-hydrogen) atoms. The largest absolute Gasteiger partial charge is 0.508 e. The third-order valence-corrected chi connectivity index (χ3v) is 5.22. The van der Waals surface area contributed by atoms with Crippen LogP contribution in [-0.4, -0.2) is 42.2 Å². The van der Waals surface area contributed by atoms with Gasteiger partial charge in [-0.05, 0) is 37.6 Å². The number of carbonyl (C=O) groups is 1. The highest BCUT2D eigenvalue weighted by atomic mass is 16.5. The van der Waals surface area contributed by atoms with E-state index in [1.54, 1.807) is 19.1 Å². The number of hydrogen-bond donors (Lipinski definition) is 2. The first-order chi connectivity index (χ1) is 13.5. The number of hydrogen-bond acceptors (Lipinski definition) is 5. The first kappa shape index (κ1) is 18.5. The van der Waals surface area contributed by atoms with E-state index in [0.29, 0.717) is 47.6 Å². The minimum Gasteiger partial charge on any atom is -0.508 e. The van der Waals surface area contributed by atoms with E-state index in [4.69, 9.17) is 9.15 Å². The summed E-state index contributed by atoms with van der Waals surface area (Å²) < 4.78 is 11.3. The number of rotatable bonds is 4. The van der Waals surface area contributed by atoms with Crippen LogP contribution in [0.25, 0.3) is 11.0 Å². The Morgan fingerprint density at radius 3 is 2.64 bits per heavy atom. The summed E-state index contributed by atoms with van der Waals surface area (Å²) in [7, 11) is 0. The van der Waals surface area contributed by atoms with Crippen molar-refractivity contribution in [1.29, 1.82) is 0 Å². The van der Waals surface area contributed by atoms with Crippen LogP contribution < -0.4 is 5.32 Å². The molecule has 2 aromatic carbocycles. The molecule has 0 atom stereocenters. The number of aromatic hydroxyl groups is 1. The number of nitrogens with zero attached hydrogens (tertiary/aromatic N) is 1. The van der Waals surface area contributed by atoms with Crippen LogP contribution in [0.2, 0.25) is 0 Å². The number of anilines is 1. The minimum atomic E-state index is -0.237. The van der Waals surface area contributed by atoms with Gasteiger partial charge in [-0.2, -0.15) is 0 Å². The molecule has 1 amide bonds. The number of aryl methyl sites for hydroxylation is 2. The highest BCUT2D eigenvalue weighted by Gasteiger charge is 2.24. The number of amides is 1. The van der Waals surface area contributed by atoms with E-state index in [1.807, 2.05) is 31.2 Å². The summed E-state index contributed by atoms with van der Waals surface area (Å²) >= 11 is 0. The fraction of sp³-hybridized carbons (Fsp3) is 0.318. The Balaban J connectivity index is 1.75. The molecule has 4 rings (SSSR count). The molecular weight excluding hydrogens is 356 g/mol. The van der Waals surface area contributed by atoms with Gasteiger partial charge in [0.15, 0.2) is 0 Å². The standard InChI is InChI=1S/C22H24N2O4/c1-14-5-3-4-6-17(14)23-22(26)20-15(2)28-19-8-7-18(25)16(21(19)20)13-24-9-11-27-12-10-24/h3-8,25H,9-13H2,1-2H3,(H,23,26). The fourth-order valence-electron chi connectivity index (χ4n) is 3.68. The van der Waals surface area contributed by atoms with Crippen LogP contribution in [-0.2, 0) is 11.3 Å². The van der Waals surface area contributed by atoms with Gasteiger partial charge >= 0.3 is 0 Å². The normalized spacial score (nSPS) is 15.1. The van der Waals surface area contributed by atoms with E-state index >= 15 is 0 Å². The van der Waals surface area contributed by atoms with Crippen LogP contribution in [0.3, 0.4) is 0 Å². The second-order valence-electron chi connectivity index (χ2n) is 7.13. The third kappa shape index (κ3) is 3.48. The Kier molecular flexibility index (Phi) is 5.07. The number of nitrogens with one attached hydrogen (secondary N) is 1. The molecule has 146 valence electrons. The Labute approximate surface area is 163 Å². The van der Waals surface area contributed by atoms with Crippen molar-refractivity contribution in [3.05, 3.63) is 58.8 Å². The summed E-state index contributed by atoms with van der Waals surface area (Å²) in [5.74, 6) is 0.471. The van der Waals surface area contributed by atoms with Crippen LogP contribution in [0.1, 0.15) is 27.2 Å². The maximum Gasteiger partial charge on any atom is 0.259 e. The van der Waals surface area contributed by atoms with Gasteiger partial charge in [-0.3, -0.25) is 9.69 Å². The number of ether oxygens (including phenoxy) is 1. The molecule has 0 bridgehead atoms. The van der Waals surface area contributed by atoms with Gasteiger partial charge in [0.05, 0.1) is 18.8 Å². The van der Waals surface area contributed by atoms with Crippen LogP contribution in [0.15, 0.2) is 40.8 Å². The molecule has 1 fully saturated rings. The maximum absolute atomic E-state index is 13.1. The number of carbonyl (C=O) groups excluding carboxylic acids is 1. The number of phenols is 1. The van der Waals surface area contributed by atoms with Crippen molar-refractivity contribution < 1.29 is 19.1 Å².